The number of nitrogens with zero attached hydrogens (tertiary/aromatic N) is 1. The Balaban J connectivity index is 0.000000261. The smallest absolute Gasteiger partial charge is 0.426 e. The highest BCUT2D eigenvalue weighted by Crippen LogP contribution is 2.60. The van der Waals surface area contributed by atoms with Crippen molar-refractivity contribution >= 4 is 23.7 Å². The lowest BCUT2D eigenvalue weighted by molar-refractivity contribution is -0.149. The summed E-state index contributed by atoms with van der Waals surface area (Å²) >= 11 is 5.32. The molecule has 12 heteroatoms. The number of nitriles is 1. The van der Waals surface area contributed by atoms with Gasteiger partial charge in [0.2, 0.25) is 6.10 Å². The molecular weight excluding hydrogens is 637 g/mol. The maximum absolute atomic E-state index is 12.7. The molecule has 1 unspecified atom stereocenters. The number of para-hydroxylation sites is 2. The Labute approximate surface area is 276 Å². The summed E-state index contributed by atoms with van der Waals surface area (Å²) < 4.78 is 60.1. The molecule has 1 heterocycles. The van der Waals surface area contributed by atoms with Gasteiger partial charge in [0, 0.05) is 24.6 Å². The second kappa shape index (κ2) is 14.0. The molecule has 0 spiro atoms. The van der Waals surface area contributed by atoms with E-state index in [-0.39, 0.29) is 5.60 Å². The summed E-state index contributed by atoms with van der Waals surface area (Å²) in [6, 6.07) is 23.0. The second-order valence-corrected chi connectivity index (χ2v) is 12.6. The predicted octanol–water partition coefficient (Wildman–Crippen LogP) is 8.66. The van der Waals surface area contributed by atoms with Crippen LogP contribution < -0.4 is 19.5 Å². The van der Waals surface area contributed by atoms with Crippen LogP contribution in [0.2, 0.25) is 0 Å². The Kier molecular flexibility index (Phi) is 10.5. The zero-order valence-corrected chi connectivity index (χ0v) is 27.1. The SMILES string of the molecule is CC1(C)[C@H](C(=O)OC(C#N)c2cccc(Oc3ccccc3)c2)[C@@H]1/C=C(\Cl)C(F)(F)F.CNC(=O)Oc1cccc2c1OC(C)(C)C2. The quantitative estimate of drug-likeness (QED) is 0.251. The number of carbonyl (C=O) groups is 2. The number of alkyl halides is 3. The largest absolute Gasteiger partial charge is 0.483 e. The number of halogens is 4. The van der Waals surface area contributed by atoms with Crippen molar-refractivity contribution in [3.8, 4) is 29.1 Å². The van der Waals surface area contributed by atoms with Gasteiger partial charge in [-0.1, -0.05) is 74.0 Å². The van der Waals surface area contributed by atoms with Crippen molar-refractivity contribution in [3.05, 3.63) is 95.0 Å². The highest BCUT2D eigenvalue weighted by Gasteiger charge is 2.62. The maximum atomic E-state index is 12.7. The molecule has 5 rings (SSSR count). The van der Waals surface area contributed by atoms with Gasteiger partial charge in [-0.15, -0.1) is 0 Å². The molecule has 248 valence electrons. The standard InChI is InChI=1S/C23H19ClF3NO3.C12H15NO3/c1-22(2)17(12-19(24)23(25,26)27)20(22)21(29)31-18(13-28)14-7-6-10-16(11-14)30-15-8-4-3-5-9-15;1-12(2)7-8-5-4-6-9(10(8)16-12)15-11(14)13-3/h3-12,17-18,20H,1-2H3;4-6H,7H2,1-3H3,(H,13,14)/b19-12-;/t17-,18?,20-;/m0./s1. The van der Waals surface area contributed by atoms with Gasteiger partial charge >= 0.3 is 18.2 Å². The number of ether oxygens (including phenoxy) is 4. The molecule has 1 aliphatic heterocycles. The van der Waals surface area contributed by atoms with Crippen molar-refractivity contribution in [2.75, 3.05) is 7.05 Å². The summed E-state index contributed by atoms with van der Waals surface area (Å²) in [5.74, 6) is -0.118. The lowest BCUT2D eigenvalue weighted by atomic mass is 10.0. The third-order valence-electron chi connectivity index (χ3n) is 7.71. The third kappa shape index (κ3) is 8.77. The number of carbonyl (C=O) groups excluding carboxylic acids is 2. The molecule has 0 aromatic heterocycles. The molecule has 0 saturated heterocycles. The van der Waals surface area contributed by atoms with E-state index < -0.39 is 46.6 Å². The van der Waals surface area contributed by atoms with Crippen molar-refractivity contribution in [2.24, 2.45) is 17.3 Å². The van der Waals surface area contributed by atoms with Crippen molar-refractivity contribution < 1.29 is 41.7 Å². The molecule has 0 radical (unpaired) electrons. The minimum Gasteiger partial charge on any atom is -0.483 e. The van der Waals surface area contributed by atoms with Crippen molar-refractivity contribution in [1.29, 1.82) is 5.26 Å². The van der Waals surface area contributed by atoms with Crippen LogP contribution in [-0.2, 0) is 16.0 Å². The van der Waals surface area contributed by atoms with E-state index in [9.17, 15) is 28.0 Å². The average molecular weight is 671 g/mol. The summed E-state index contributed by atoms with van der Waals surface area (Å²) in [7, 11) is 1.52. The Morgan fingerprint density at radius 2 is 1.70 bits per heavy atom. The van der Waals surface area contributed by atoms with E-state index in [2.05, 4.69) is 5.32 Å². The number of amides is 1. The van der Waals surface area contributed by atoms with E-state index in [1.54, 1.807) is 56.3 Å². The molecular formula is C35H34ClF3N2O6. The molecule has 2 aliphatic rings. The molecule has 3 aromatic carbocycles. The molecule has 1 saturated carbocycles. The monoisotopic (exact) mass is 670 g/mol. The zero-order chi connectivity index (χ0) is 34.6. The molecule has 0 bridgehead atoms. The van der Waals surface area contributed by atoms with Crippen LogP contribution in [0.25, 0.3) is 0 Å². The number of nitrogens with one attached hydrogen (secondary N) is 1. The topological polar surface area (TPSA) is 107 Å². The van der Waals surface area contributed by atoms with Gasteiger partial charge in [0.05, 0.1) is 5.92 Å². The van der Waals surface area contributed by atoms with Crippen LogP contribution >= 0.6 is 11.6 Å². The minimum absolute atomic E-state index is 0.232. The molecule has 1 aliphatic carbocycles. The molecule has 8 nitrogen and oxygen atoms in total. The number of fused-ring (bicyclic) bond motifs is 1. The first-order chi connectivity index (χ1) is 22.1. The first kappa shape index (κ1) is 35.2. The normalized spacial score (nSPS) is 19.4. The molecule has 3 atom stereocenters. The van der Waals surface area contributed by atoms with Crippen LogP contribution in [0.15, 0.2) is 83.9 Å². The van der Waals surface area contributed by atoms with E-state index >= 15 is 0 Å². The summed E-state index contributed by atoms with van der Waals surface area (Å²) in [5, 5.41) is 10.6. The Hall–Kier alpha value is -4.69. The minimum atomic E-state index is -4.68. The number of hydrogen-bond donors (Lipinski definition) is 1. The average Bonchev–Trinajstić information content (AvgIpc) is 3.38. The Morgan fingerprint density at radius 1 is 1.04 bits per heavy atom. The summed E-state index contributed by atoms with van der Waals surface area (Å²) in [6.45, 7) is 7.32. The Bertz CT molecular complexity index is 1680. The van der Waals surface area contributed by atoms with Gasteiger partial charge in [0.15, 0.2) is 11.5 Å². The highest BCUT2D eigenvalue weighted by molar-refractivity contribution is 6.30. The predicted molar refractivity (Wildman–Crippen MR) is 168 cm³/mol. The second-order valence-electron chi connectivity index (χ2n) is 12.2. The fourth-order valence-corrected chi connectivity index (χ4v) is 5.37. The number of rotatable bonds is 7. The number of allylic oxidation sites excluding steroid dienone is 2. The van der Waals surface area contributed by atoms with E-state index in [1.807, 2.05) is 50.2 Å². The van der Waals surface area contributed by atoms with Crippen LogP contribution in [0.1, 0.15) is 44.9 Å². The van der Waals surface area contributed by atoms with Gasteiger partial charge in [-0.05, 0) is 55.5 Å². The van der Waals surface area contributed by atoms with Gasteiger partial charge in [0.25, 0.3) is 0 Å². The van der Waals surface area contributed by atoms with Gasteiger partial charge in [-0.2, -0.15) is 18.4 Å². The zero-order valence-electron chi connectivity index (χ0n) is 26.4. The van der Waals surface area contributed by atoms with Gasteiger partial charge in [-0.3, -0.25) is 4.79 Å². The van der Waals surface area contributed by atoms with Crippen molar-refractivity contribution in [3.63, 3.8) is 0 Å². The van der Waals surface area contributed by atoms with E-state index in [0.717, 1.165) is 18.1 Å². The van der Waals surface area contributed by atoms with Crippen LogP contribution in [0.3, 0.4) is 0 Å². The first-order valence-electron chi connectivity index (χ1n) is 14.6. The van der Waals surface area contributed by atoms with Gasteiger partial charge in [-0.25, -0.2) is 4.79 Å². The Morgan fingerprint density at radius 3 is 2.34 bits per heavy atom. The first-order valence-corrected chi connectivity index (χ1v) is 15.0. The molecule has 3 aromatic rings. The van der Waals surface area contributed by atoms with Gasteiger partial charge < -0.3 is 24.3 Å². The third-order valence-corrected chi connectivity index (χ3v) is 8.05. The lowest BCUT2D eigenvalue weighted by Crippen LogP contribution is -2.25. The maximum Gasteiger partial charge on any atom is 0.426 e. The summed E-state index contributed by atoms with van der Waals surface area (Å²) in [5.41, 5.74) is 0.472. The van der Waals surface area contributed by atoms with E-state index in [4.69, 9.17) is 30.5 Å². The number of hydrogen-bond acceptors (Lipinski definition) is 7. The molecule has 47 heavy (non-hydrogen) atoms. The van der Waals surface area contributed by atoms with Gasteiger partial charge in [0.1, 0.15) is 28.2 Å². The number of benzene rings is 3. The molecule has 1 amide bonds. The van der Waals surface area contributed by atoms with Crippen LogP contribution in [0, 0.1) is 28.6 Å². The fraction of sp³-hybridized carbons (Fsp3) is 0.343. The van der Waals surface area contributed by atoms with Crippen molar-refractivity contribution in [2.45, 2.75) is 52.0 Å². The van der Waals surface area contributed by atoms with E-state index in [0.29, 0.717) is 28.6 Å². The molecule has 1 N–H and O–H groups in total. The highest BCUT2D eigenvalue weighted by atomic mass is 35.5. The fourth-order valence-electron chi connectivity index (χ4n) is 5.23. The number of esters is 1. The van der Waals surface area contributed by atoms with Crippen LogP contribution in [0.5, 0.6) is 23.0 Å². The van der Waals surface area contributed by atoms with E-state index in [1.165, 1.54) is 7.05 Å². The summed E-state index contributed by atoms with van der Waals surface area (Å²) in [4.78, 5) is 23.8. The van der Waals surface area contributed by atoms with Crippen molar-refractivity contribution in [1.82, 2.24) is 5.32 Å². The van der Waals surface area contributed by atoms with Crippen LogP contribution in [0.4, 0.5) is 18.0 Å². The van der Waals surface area contributed by atoms with Crippen LogP contribution in [-0.4, -0.2) is 30.9 Å². The lowest BCUT2D eigenvalue weighted by Gasteiger charge is -2.17. The molecule has 1 fully saturated rings. The summed E-state index contributed by atoms with van der Waals surface area (Å²) in [6.07, 6.45) is -4.73.